The van der Waals surface area contributed by atoms with Crippen molar-refractivity contribution in [2.45, 2.75) is 18.4 Å². The number of alkyl halides is 2. The summed E-state index contributed by atoms with van der Waals surface area (Å²) in [4.78, 5) is 12.3. The minimum absolute atomic E-state index is 0.0660. The molecule has 2 aromatic carbocycles. The van der Waals surface area contributed by atoms with Crippen molar-refractivity contribution in [1.29, 1.82) is 0 Å². The maximum Gasteiger partial charge on any atom is 0.387 e. The van der Waals surface area contributed by atoms with Gasteiger partial charge in [0.15, 0.2) is 0 Å². The molecule has 0 unspecified atom stereocenters. The summed E-state index contributed by atoms with van der Waals surface area (Å²) in [5, 5.41) is 2.58. The largest absolute Gasteiger partial charge is 0.492 e. The molecular weight excluding hydrogens is 458 g/mol. The molecule has 0 atom stereocenters. The molecule has 1 heterocycles. The molecule has 1 amide bonds. The third-order valence-electron chi connectivity index (χ3n) is 4.65. The first-order chi connectivity index (χ1) is 15.8. The van der Waals surface area contributed by atoms with Gasteiger partial charge < -0.3 is 19.5 Å². The molecule has 11 heteroatoms. The number of carbonyl (C=O) groups is 1. The Balaban J connectivity index is 1.81. The van der Waals surface area contributed by atoms with Crippen molar-refractivity contribution in [3.63, 3.8) is 0 Å². The van der Waals surface area contributed by atoms with Crippen LogP contribution < -0.4 is 14.8 Å². The minimum Gasteiger partial charge on any atom is -0.492 e. The molecule has 3 rings (SSSR count). The first kappa shape index (κ1) is 24.6. The zero-order valence-electron chi connectivity index (χ0n) is 17.9. The maximum atomic E-state index is 13.1. The molecule has 33 heavy (non-hydrogen) atoms. The number of anilines is 1. The van der Waals surface area contributed by atoms with E-state index in [4.69, 9.17) is 9.47 Å². The Hall–Kier alpha value is -3.02. The fourth-order valence-corrected chi connectivity index (χ4v) is 4.72. The number of carbonyl (C=O) groups excluding carboxylic acids is 1. The van der Waals surface area contributed by atoms with Crippen molar-refractivity contribution in [2.24, 2.45) is 0 Å². The van der Waals surface area contributed by atoms with E-state index in [-0.39, 0.29) is 47.3 Å². The van der Waals surface area contributed by atoms with Crippen LogP contribution in [0.4, 0.5) is 14.5 Å². The van der Waals surface area contributed by atoms with E-state index in [0.717, 1.165) is 6.08 Å². The molecule has 1 aliphatic heterocycles. The molecule has 0 bridgehead atoms. The maximum absolute atomic E-state index is 13.1. The third kappa shape index (κ3) is 6.50. The van der Waals surface area contributed by atoms with Gasteiger partial charge in [0, 0.05) is 30.4 Å². The highest BCUT2D eigenvalue weighted by Gasteiger charge is 2.29. The summed E-state index contributed by atoms with van der Waals surface area (Å²) in [7, 11) is -3.87. The zero-order chi connectivity index (χ0) is 23.8. The molecule has 0 spiro atoms. The highest BCUT2D eigenvalue weighted by atomic mass is 32.2. The summed E-state index contributed by atoms with van der Waals surface area (Å²) < 4.78 is 67.8. The van der Waals surface area contributed by atoms with Gasteiger partial charge in [-0.3, -0.25) is 4.79 Å². The quantitative estimate of drug-likeness (QED) is 0.551. The van der Waals surface area contributed by atoms with E-state index >= 15 is 0 Å². The Kier molecular flexibility index (Phi) is 8.37. The number of amides is 1. The summed E-state index contributed by atoms with van der Waals surface area (Å²) >= 11 is 0. The predicted octanol–water partition coefficient (Wildman–Crippen LogP) is 3.36. The molecule has 0 aromatic heterocycles. The molecule has 178 valence electrons. The topological polar surface area (TPSA) is 94.2 Å². The molecule has 0 aliphatic carbocycles. The van der Waals surface area contributed by atoms with Gasteiger partial charge in [-0.05, 0) is 37.3 Å². The van der Waals surface area contributed by atoms with Gasteiger partial charge in [-0.25, -0.2) is 8.42 Å². The van der Waals surface area contributed by atoms with E-state index < -0.39 is 22.5 Å². The van der Waals surface area contributed by atoms with Gasteiger partial charge in [0.05, 0.1) is 19.8 Å². The smallest absolute Gasteiger partial charge is 0.387 e. The SMILES string of the molecule is CCOc1ccc(NC(=O)/C=C/c2ccccc2OC(F)F)cc1S(=O)(=O)N1CCOCC1. The number of hydrogen-bond donors (Lipinski definition) is 1. The number of sulfonamides is 1. The Labute approximate surface area is 190 Å². The number of hydrogen-bond acceptors (Lipinski definition) is 6. The van der Waals surface area contributed by atoms with Gasteiger partial charge in [-0.2, -0.15) is 13.1 Å². The molecule has 1 saturated heterocycles. The summed E-state index contributed by atoms with van der Waals surface area (Å²) in [5.41, 5.74) is 0.521. The van der Waals surface area contributed by atoms with Crippen molar-refractivity contribution >= 4 is 27.7 Å². The lowest BCUT2D eigenvalue weighted by Crippen LogP contribution is -2.40. The van der Waals surface area contributed by atoms with Crippen molar-refractivity contribution < 1.29 is 36.2 Å². The molecular formula is C22H24F2N2O6S. The number of nitrogens with one attached hydrogen (secondary N) is 1. The minimum atomic E-state index is -3.87. The zero-order valence-corrected chi connectivity index (χ0v) is 18.7. The first-order valence-corrected chi connectivity index (χ1v) is 11.6. The normalized spacial score (nSPS) is 15.0. The third-order valence-corrected chi connectivity index (χ3v) is 6.57. The fraction of sp³-hybridized carbons (Fsp3) is 0.318. The molecule has 1 fully saturated rings. The van der Waals surface area contributed by atoms with Crippen LogP contribution in [0.3, 0.4) is 0 Å². The van der Waals surface area contributed by atoms with Crippen LogP contribution in [0.2, 0.25) is 0 Å². The monoisotopic (exact) mass is 482 g/mol. The number of para-hydroxylation sites is 1. The lowest BCUT2D eigenvalue weighted by atomic mass is 10.2. The standard InChI is InChI=1S/C22H24F2N2O6S/c1-2-31-19-9-8-17(15-20(19)33(28,29)26-11-13-30-14-12-26)25-21(27)10-7-16-5-3-4-6-18(16)32-22(23)24/h3-10,15,22H,2,11-14H2,1H3,(H,25,27)/b10-7+. The number of ether oxygens (including phenoxy) is 3. The molecule has 0 radical (unpaired) electrons. The molecule has 8 nitrogen and oxygen atoms in total. The number of nitrogens with zero attached hydrogens (tertiary/aromatic N) is 1. The average molecular weight is 483 g/mol. The number of benzene rings is 2. The van der Waals surface area contributed by atoms with E-state index in [9.17, 15) is 22.0 Å². The summed E-state index contributed by atoms with van der Waals surface area (Å²) in [6.45, 7) is 0.0220. The van der Waals surface area contributed by atoms with Crippen LogP contribution in [0.25, 0.3) is 6.08 Å². The number of halogens is 2. The van der Waals surface area contributed by atoms with Gasteiger partial charge in [0.25, 0.3) is 0 Å². The second kappa shape index (κ2) is 11.2. The summed E-state index contributed by atoms with van der Waals surface area (Å²) in [5.74, 6) is -0.479. The van der Waals surface area contributed by atoms with Crippen LogP contribution in [0.1, 0.15) is 12.5 Å². The van der Waals surface area contributed by atoms with Gasteiger partial charge >= 0.3 is 6.61 Å². The van der Waals surface area contributed by atoms with Crippen molar-refractivity contribution in [3.8, 4) is 11.5 Å². The highest BCUT2D eigenvalue weighted by Crippen LogP contribution is 2.30. The van der Waals surface area contributed by atoms with Crippen LogP contribution in [0, 0.1) is 0 Å². The second-order valence-corrected chi connectivity index (χ2v) is 8.76. The molecule has 2 aromatic rings. The van der Waals surface area contributed by atoms with Gasteiger partial charge in [0.1, 0.15) is 16.4 Å². The number of rotatable bonds is 9. The van der Waals surface area contributed by atoms with E-state index in [1.807, 2.05) is 0 Å². The average Bonchev–Trinajstić information content (AvgIpc) is 2.80. The Bertz CT molecular complexity index is 1100. The highest BCUT2D eigenvalue weighted by molar-refractivity contribution is 7.89. The van der Waals surface area contributed by atoms with Crippen molar-refractivity contribution in [1.82, 2.24) is 4.31 Å². The van der Waals surface area contributed by atoms with Gasteiger partial charge in [0.2, 0.25) is 15.9 Å². The second-order valence-electron chi connectivity index (χ2n) is 6.85. The van der Waals surface area contributed by atoms with Crippen LogP contribution in [-0.2, 0) is 19.6 Å². The lowest BCUT2D eigenvalue weighted by molar-refractivity contribution is -0.111. The summed E-state index contributed by atoms with van der Waals surface area (Å²) in [6, 6.07) is 10.3. The molecule has 1 aliphatic rings. The van der Waals surface area contributed by atoms with E-state index in [2.05, 4.69) is 10.1 Å². The van der Waals surface area contributed by atoms with Gasteiger partial charge in [-0.1, -0.05) is 18.2 Å². The Morgan fingerprint density at radius 2 is 1.91 bits per heavy atom. The Morgan fingerprint density at radius 3 is 2.61 bits per heavy atom. The Morgan fingerprint density at radius 1 is 1.18 bits per heavy atom. The molecule has 0 saturated carbocycles. The van der Waals surface area contributed by atoms with Crippen molar-refractivity contribution in [2.75, 3.05) is 38.2 Å². The summed E-state index contributed by atoms with van der Waals surface area (Å²) in [6.07, 6.45) is 2.47. The number of morpholine rings is 1. The predicted molar refractivity (Wildman–Crippen MR) is 118 cm³/mol. The van der Waals surface area contributed by atoms with Crippen LogP contribution in [0.5, 0.6) is 11.5 Å². The van der Waals surface area contributed by atoms with Crippen LogP contribution in [0.15, 0.2) is 53.4 Å². The van der Waals surface area contributed by atoms with E-state index in [1.54, 1.807) is 13.0 Å². The fourth-order valence-electron chi connectivity index (χ4n) is 3.16. The van der Waals surface area contributed by atoms with E-state index in [1.165, 1.54) is 46.8 Å². The van der Waals surface area contributed by atoms with Crippen LogP contribution >= 0.6 is 0 Å². The van der Waals surface area contributed by atoms with E-state index in [0.29, 0.717) is 13.2 Å². The van der Waals surface area contributed by atoms with Crippen molar-refractivity contribution in [3.05, 3.63) is 54.1 Å². The van der Waals surface area contributed by atoms with Crippen LogP contribution in [-0.4, -0.2) is 58.2 Å². The first-order valence-electron chi connectivity index (χ1n) is 10.2. The van der Waals surface area contributed by atoms with Gasteiger partial charge in [-0.15, -0.1) is 0 Å². The molecule has 1 N–H and O–H groups in total. The lowest BCUT2D eigenvalue weighted by Gasteiger charge is -2.27.